The highest BCUT2D eigenvalue weighted by Gasteiger charge is 2.28. The monoisotopic (exact) mass is 264 g/mol. The summed E-state index contributed by atoms with van der Waals surface area (Å²) in [6.45, 7) is 8.42. The molecule has 1 saturated heterocycles. The molecule has 0 bridgehead atoms. The zero-order valence-electron chi connectivity index (χ0n) is 12.4. The fourth-order valence-corrected chi connectivity index (χ4v) is 3.04. The third-order valence-electron chi connectivity index (χ3n) is 4.53. The lowest BCUT2D eigenvalue weighted by molar-refractivity contribution is 0.114. The van der Waals surface area contributed by atoms with Crippen LogP contribution < -0.4 is 5.32 Å². The number of benzene rings is 1. The molecule has 0 saturated carbocycles. The topological polar surface area (TPSA) is 15.3 Å². The van der Waals surface area contributed by atoms with Crippen LogP contribution >= 0.6 is 0 Å². The van der Waals surface area contributed by atoms with E-state index in [9.17, 15) is 4.39 Å². The van der Waals surface area contributed by atoms with Crippen LogP contribution in [-0.4, -0.2) is 31.1 Å². The molecule has 0 aliphatic carbocycles. The average Bonchev–Trinajstić information content (AvgIpc) is 2.41. The van der Waals surface area contributed by atoms with E-state index in [1.165, 1.54) is 0 Å². The lowest BCUT2D eigenvalue weighted by Gasteiger charge is -2.40. The van der Waals surface area contributed by atoms with Crippen molar-refractivity contribution in [1.29, 1.82) is 0 Å². The van der Waals surface area contributed by atoms with Gasteiger partial charge in [0.2, 0.25) is 0 Å². The predicted molar refractivity (Wildman–Crippen MR) is 77.8 cm³/mol. The summed E-state index contributed by atoms with van der Waals surface area (Å²) < 4.78 is 13.7. The van der Waals surface area contributed by atoms with Crippen LogP contribution in [0.25, 0.3) is 0 Å². The van der Waals surface area contributed by atoms with Gasteiger partial charge in [-0.1, -0.05) is 19.1 Å². The number of aryl methyl sites for hydroxylation is 1. The van der Waals surface area contributed by atoms with Gasteiger partial charge in [-0.25, -0.2) is 4.39 Å². The maximum atomic E-state index is 13.7. The summed E-state index contributed by atoms with van der Waals surface area (Å²) in [5.41, 5.74) is 1.80. The van der Waals surface area contributed by atoms with E-state index in [2.05, 4.69) is 30.1 Å². The second kappa shape index (κ2) is 6.02. The Bertz CT molecular complexity index is 433. The van der Waals surface area contributed by atoms with E-state index >= 15 is 0 Å². The fraction of sp³-hybridized carbons (Fsp3) is 0.625. The van der Waals surface area contributed by atoms with Gasteiger partial charge in [0.25, 0.3) is 0 Å². The Morgan fingerprint density at radius 1 is 1.42 bits per heavy atom. The van der Waals surface area contributed by atoms with Crippen molar-refractivity contribution in [3.8, 4) is 0 Å². The Labute approximate surface area is 116 Å². The van der Waals surface area contributed by atoms with Gasteiger partial charge >= 0.3 is 0 Å². The molecule has 1 fully saturated rings. The van der Waals surface area contributed by atoms with Crippen molar-refractivity contribution in [3.05, 3.63) is 35.1 Å². The van der Waals surface area contributed by atoms with Gasteiger partial charge < -0.3 is 5.32 Å². The summed E-state index contributed by atoms with van der Waals surface area (Å²) in [7, 11) is 2.04. The molecule has 0 spiro atoms. The molecule has 3 heteroatoms. The lowest BCUT2D eigenvalue weighted by Crippen LogP contribution is -2.47. The van der Waals surface area contributed by atoms with E-state index in [0.717, 1.165) is 30.6 Å². The Balaban J connectivity index is 2.07. The number of nitrogens with one attached hydrogen (secondary N) is 1. The van der Waals surface area contributed by atoms with Crippen LogP contribution in [0.15, 0.2) is 18.2 Å². The zero-order chi connectivity index (χ0) is 14.0. The van der Waals surface area contributed by atoms with Crippen LogP contribution in [0.3, 0.4) is 0 Å². The van der Waals surface area contributed by atoms with Gasteiger partial charge in [0, 0.05) is 25.2 Å². The van der Waals surface area contributed by atoms with Gasteiger partial charge in [-0.05, 0) is 50.4 Å². The van der Waals surface area contributed by atoms with Crippen molar-refractivity contribution in [2.75, 3.05) is 20.1 Å². The first-order chi connectivity index (χ1) is 9.02. The fourth-order valence-electron chi connectivity index (χ4n) is 3.04. The van der Waals surface area contributed by atoms with Gasteiger partial charge in [0.1, 0.15) is 5.82 Å². The van der Waals surface area contributed by atoms with Gasteiger partial charge in [0.05, 0.1) is 0 Å². The first-order valence-corrected chi connectivity index (χ1v) is 7.20. The number of halogens is 1. The van der Waals surface area contributed by atoms with Crippen LogP contribution in [0.5, 0.6) is 0 Å². The molecule has 1 aliphatic rings. The molecule has 1 aromatic rings. The SMILES string of the molecule is CNC1CCN(C(C)c2ccc(C)c(F)c2)CC1C. The zero-order valence-corrected chi connectivity index (χ0v) is 12.4. The molecule has 1 aliphatic heterocycles. The lowest BCUT2D eigenvalue weighted by atomic mass is 9.92. The van der Waals surface area contributed by atoms with Crippen LogP contribution in [-0.2, 0) is 0 Å². The predicted octanol–water partition coefficient (Wildman–Crippen LogP) is 3.12. The number of nitrogens with zero attached hydrogens (tertiary/aromatic N) is 1. The quantitative estimate of drug-likeness (QED) is 0.902. The number of likely N-dealkylation sites (tertiary alicyclic amines) is 1. The van der Waals surface area contributed by atoms with E-state index in [1.807, 2.05) is 20.0 Å². The van der Waals surface area contributed by atoms with Gasteiger partial charge in [-0.2, -0.15) is 0 Å². The smallest absolute Gasteiger partial charge is 0.126 e. The van der Waals surface area contributed by atoms with E-state index in [0.29, 0.717) is 12.0 Å². The molecule has 3 atom stereocenters. The number of rotatable bonds is 3. The second-order valence-electron chi connectivity index (χ2n) is 5.84. The van der Waals surface area contributed by atoms with Crippen molar-refractivity contribution in [2.45, 2.75) is 39.3 Å². The minimum absolute atomic E-state index is 0.0949. The van der Waals surface area contributed by atoms with Crippen LogP contribution in [0.4, 0.5) is 4.39 Å². The number of hydrogen-bond donors (Lipinski definition) is 1. The largest absolute Gasteiger partial charge is 0.317 e. The molecule has 0 aromatic heterocycles. The maximum Gasteiger partial charge on any atom is 0.126 e. The average molecular weight is 264 g/mol. The van der Waals surface area contributed by atoms with E-state index in [1.54, 1.807) is 6.07 Å². The minimum Gasteiger partial charge on any atom is -0.317 e. The molecule has 1 aromatic carbocycles. The van der Waals surface area contributed by atoms with Crippen LogP contribution in [0.2, 0.25) is 0 Å². The molecule has 1 heterocycles. The Kier molecular flexibility index (Phi) is 4.58. The van der Waals surface area contributed by atoms with E-state index in [4.69, 9.17) is 0 Å². The van der Waals surface area contributed by atoms with Gasteiger partial charge in [-0.15, -0.1) is 0 Å². The maximum absolute atomic E-state index is 13.7. The number of hydrogen-bond acceptors (Lipinski definition) is 2. The molecular formula is C16H25FN2. The Morgan fingerprint density at radius 2 is 2.16 bits per heavy atom. The highest BCUT2D eigenvalue weighted by atomic mass is 19.1. The Hall–Kier alpha value is -0.930. The highest BCUT2D eigenvalue weighted by molar-refractivity contribution is 5.25. The molecule has 19 heavy (non-hydrogen) atoms. The summed E-state index contributed by atoms with van der Waals surface area (Å²) in [4.78, 5) is 2.46. The minimum atomic E-state index is -0.0949. The third kappa shape index (κ3) is 3.15. The van der Waals surface area contributed by atoms with E-state index in [-0.39, 0.29) is 11.9 Å². The van der Waals surface area contributed by atoms with Crippen molar-refractivity contribution in [1.82, 2.24) is 10.2 Å². The first-order valence-electron chi connectivity index (χ1n) is 7.20. The standard InChI is InChI=1S/C16H25FN2/c1-11-5-6-14(9-15(11)17)13(3)19-8-7-16(18-4)12(2)10-19/h5-6,9,12-13,16,18H,7-8,10H2,1-4H3. The summed E-state index contributed by atoms with van der Waals surface area (Å²) >= 11 is 0. The van der Waals surface area contributed by atoms with Gasteiger partial charge in [0.15, 0.2) is 0 Å². The molecule has 106 valence electrons. The molecule has 2 nitrogen and oxygen atoms in total. The molecule has 0 amide bonds. The summed E-state index contributed by atoms with van der Waals surface area (Å²) in [6.07, 6.45) is 1.16. The second-order valence-corrected chi connectivity index (χ2v) is 5.84. The summed E-state index contributed by atoms with van der Waals surface area (Å²) in [5.74, 6) is 0.541. The van der Waals surface area contributed by atoms with Crippen molar-refractivity contribution in [2.24, 2.45) is 5.92 Å². The molecule has 2 rings (SSSR count). The van der Waals surface area contributed by atoms with Crippen molar-refractivity contribution >= 4 is 0 Å². The first kappa shape index (κ1) is 14.5. The van der Waals surface area contributed by atoms with Crippen molar-refractivity contribution < 1.29 is 4.39 Å². The molecule has 3 unspecified atom stereocenters. The highest BCUT2D eigenvalue weighted by Crippen LogP contribution is 2.27. The van der Waals surface area contributed by atoms with E-state index < -0.39 is 0 Å². The normalized spacial score (nSPS) is 26.4. The molecular weight excluding hydrogens is 239 g/mol. The van der Waals surface area contributed by atoms with Gasteiger partial charge in [-0.3, -0.25) is 4.90 Å². The van der Waals surface area contributed by atoms with Crippen LogP contribution in [0, 0.1) is 18.7 Å². The molecule has 1 N–H and O–H groups in total. The van der Waals surface area contributed by atoms with Crippen molar-refractivity contribution in [3.63, 3.8) is 0 Å². The number of piperidine rings is 1. The Morgan fingerprint density at radius 3 is 2.74 bits per heavy atom. The van der Waals surface area contributed by atoms with Crippen LogP contribution in [0.1, 0.15) is 37.4 Å². The molecule has 0 radical (unpaired) electrons. The summed E-state index contributed by atoms with van der Waals surface area (Å²) in [5, 5.41) is 3.38. The third-order valence-corrected chi connectivity index (χ3v) is 4.53. The summed E-state index contributed by atoms with van der Waals surface area (Å²) in [6, 6.07) is 6.52.